The molecule has 0 radical (unpaired) electrons. The summed E-state index contributed by atoms with van der Waals surface area (Å²) in [6, 6.07) is 0.422. The summed E-state index contributed by atoms with van der Waals surface area (Å²) in [4.78, 5) is 0. The van der Waals surface area contributed by atoms with Gasteiger partial charge in [-0.2, -0.15) is 0 Å². The molecular formula is C9H13N. The fourth-order valence-corrected chi connectivity index (χ4v) is 2.00. The third kappa shape index (κ3) is 0.816. The van der Waals surface area contributed by atoms with E-state index < -0.39 is 0 Å². The molecule has 0 amide bonds. The molecule has 1 nitrogen and oxygen atoms in total. The van der Waals surface area contributed by atoms with Crippen LogP contribution in [0.3, 0.4) is 0 Å². The highest BCUT2D eigenvalue weighted by Gasteiger charge is 2.30. The molecule has 0 saturated heterocycles. The highest BCUT2D eigenvalue weighted by molar-refractivity contribution is 5.18. The van der Waals surface area contributed by atoms with Crippen LogP contribution in [-0.4, -0.2) is 6.04 Å². The molecule has 0 heterocycles. The summed E-state index contributed by atoms with van der Waals surface area (Å²) >= 11 is 0. The van der Waals surface area contributed by atoms with E-state index >= 15 is 0 Å². The summed E-state index contributed by atoms with van der Waals surface area (Å²) in [7, 11) is 0. The molecule has 0 aromatic carbocycles. The Morgan fingerprint density at radius 1 is 1.10 bits per heavy atom. The molecular weight excluding hydrogens is 122 g/mol. The lowest BCUT2D eigenvalue weighted by molar-refractivity contribution is 0.505. The summed E-state index contributed by atoms with van der Waals surface area (Å²) in [5.74, 6) is 1.39. The monoisotopic (exact) mass is 135 g/mol. The van der Waals surface area contributed by atoms with E-state index in [0.29, 0.717) is 12.0 Å². The normalized spacial score (nSPS) is 43.9. The summed E-state index contributed by atoms with van der Waals surface area (Å²) in [6.07, 6.45) is 11.3. The van der Waals surface area contributed by atoms with E-state index in [0.717, 1.165) is 5.92 Å². The van der Waals surface area contributed by atoms with Crippen LogP contribution >= 0.6 is 0 Å². The Morgan fingerprint density at radius 2 is 1.90 bits per heavy atom. The fraction of sp³-hybridized carbons (Fsp3) is 0.556. The largest absolute Gasteiger partial charge is 0.327 e. The Labute approximate surface area is 61.6 Å². The van der Waals surface area contributed by atoms with Crippen molar-refractivity contribution < 1.29 is 0 Å². The lowest BCUT2D eigenvalue weighted by atomic mass is 9.90. The van der Waals surface area contributed by atoms with Crippen LogP contribution in [0.1, 0.15) is 12.8 Å². The molecule has 2 rings (SSSR count). The van der Waals surface area contributed by atoms with Gasteiger partial charge in [-0.25, -0.2) is 0 Å². The highest BCUT2D eigenvalue weighted by Crippen LogP contribution is 2.34. The van der Waals surface area contributed by atoms with Gasteiger partial charge >= 0.3 is 0 Å². The zero-order valence-corrected chi connectivity index (χ0v) is 6.03. The molecule has 0 aromatic heterocycles. The van der Waals surface area contributed by atoms with Crippen LogP contribution < -0.4 is 5.73 Å². The number of nitrogens with two attached hydrogens (primary N) is 1. The average Bonchev–Trinajstić information content (AvgIpc) is 2.34. The van der Waals surface area contributed by atoms with Gasteiger partial charge in [-0.1, -0.05) is 24.3 Å². The van der Waals surface area contributed by atoms with Gasteiger partial charge in [0, 0.05) is 6.04 Å². The van der Waals surface area contributed by atoms with Crippen LogP contribution in [0.5, 0.6) is 0 Å². The number of rotatable bonds is 0. The van der Waals surface area contributed by atoms with E-state index in [1.54, 1.807) is 0 Å². The van der Waals surface area contributed by atoms with E-state index in [9.17, 15) is 0 Å². The van der Waals surface area contributed by atoms with E-state index in [4.69, 9.17) is 5.73 Å². The maximum Gasteiger partial charge on any atom is 0.0108 e. The van der Waals surface area contributed by atoms with Crippen LogP contribution in [0.2, 0.25) is 0 Å². The first-order valence-corrected chi connectivity index (χ1v) is 3.98. The van der Waals surface area contributed by atoms with Gasteiger partial charge in [0.15, 0.2) is 0 Å². The molecule has 2 aliphatic rings. The number of fused-ring (bicyclic) bond motifs is 1. The van der Waals surface area contributed by atoms with Crippen LogP contribution in [0, 0.1) is 11.8 Å². The number of hydrogen-bond acceptors (Lipinski definition) is 1. The van der Waals surface area contributed by atoms with E-state index in [2.05, 4.69) is 24.3 Å². The Balaban J connectivity index is 2.19. The lowest BCUT2D eigenvalue weighted by Gasteiger charge is -2.17. The Kier molecular flexibility index (Phi) is 1.38. The summed E-state index contributed by atoms with van der Waals surface area (Å²) < 4.78 is 0. The topological polar surface area (TPSA) is 26.0 Å². The first kappa shape index (κ1) is 6.17. The van der Waals surface area contributed by atoms with Crippen LogP contribution in [0.15, 0.2) is 24.3 Å². The standard InChI is InChI=1S/C9H13N/c10-9-6-5-7-3-1-2-4-8(7)9/h1-4,7-9H,5-6,10H2. The van der Waals surface area contributed by atoms with Gasteiger partial charge in [0.2, 0.25) is 0 Å². The van der Waals surface area contributed by atoms with Crippen molar-refractivity contribution in [2.75, 3.05) is 0 Å². The van der Waals surface area contributed by atoms with Crippen molar-refractivity contribution in [1.29, 1.82) is 0 Å². The first-order valence-electron chi connectivity index (χ1n) is 3.98. The van der Waals surface area contributed by atoms with Gasteiger partial charge in [0.25, 0.3) is 0 Å². The molecule has 1 fully saturated rings. The zero-order chi connectivity index (χ0) is 6.97. The Morgan fingerprint density at radius 3 is 2.70 bits per heavy atom. The average molecular weight is 135 g/mol. The second-order valence-corrected chi connectivity index (χ2v) is 3.25. The van der Waals surface area contributed by atoms with Crippen molar-refractivity contribution in [1.82, 2.24) is 0 Å². The molecule has 0 aliphatic heterocycles. The smallest absolute Gasteiger partial charge is 0.0108 e. The Bertz CT molecular complexity index is 181. The van der Waals surface area contributed by atoms with Gasteiger partial charge in [0.05, 0.1) is 0 Å². The molecule has 10 heavy (non-hydrogen) atoms. The maximum atomic E-state index is 5.90. The predicted octanol–water partition coefficient (Wildman–Crippen LogP) is 1.47. The van der Waals surface area contributed by atoms with Crippen molar-refractivity contribution in [2.24, 2.45) is 17.6 Å². The summed E-state index contributed by atoms with van der Waals surface area (Å²) in [6.45, 7) is 0. The van der Waals surface area contributed by atoms with Crippen LogP contribution in [0.4, 0.5) is 0 Å². The minimum atomic E-state index is 0.422. The van der Waals surface area contributed by atoms with Crippen LogP contribution in [0.25, 0.3) is 0 Å². The lowest BCUT2D eigenvalue weighted by Crippen LogP contribution is -2.26. The van der Waals surface area contributed by atoms with E-state index in [1.807, 2.05) is 0 Å². The van der Waals surface area contributed by atoms with Crippen molar-refractivity contribution in [3.63, 3.8) is 0 Å². The van der Waals surface area contributed by atoms with E-state index in [1.165, 1.54) is 12.8 Å². The molecule has 0 spiro atoms. The van der Waals surface area contributed by atoms with Crippen molar-refractivity contribution >= 4 is 0 Å². The molecule has 1 heteroatoms. The molecule has 3 unspecified atom stereocenters. The summed E-state index contributed by atoms with van der Waals surface area (Å²) in [5.41, 5.74) is 5.90. The minimum Gasteiger partial charge on any atom is -0.327 e. The fourth-order valence-electron chi connectivity index (χ4n) is 2.00. The van der Waals surface area contributed by atoms with Crippen molar-refractivity contribution in [3.05, 3.63) is 24.3 Å². The molecule has 2 N–H and O–H groups in total. The quantitative estimate of drug-likeness (QED) is 0.534. The molecule has 0 bridgehead atoms. The molecule has 1 saturated carbocycles. The minimum absolute atomic E-state index is 0.422. The van der Waals surface area contributed by atoms with Gasteiger partial charge < -0.3 is 5.73 Å². The molecule has 2 aliphatic carbocycles. The second-order valence-electron chi connectivity index (χ2n) is 3.25. The zero-order valence-electron chi connectivity index (χ0n) is 6.03. The second kappa shape index (κ2) is 2.24. The SMILES string of the molecule is NC1CCC2C=CC=CC12. The Hall–Kier alpha value is -0.560. The molecule has 54 valence electrons. The highest BCUT2D eigenvalue weighted by atomic mass is 14.7. The number of allylic oxidation sites excluding steroid dienone is 3. The molecule has 0 aromatic rings. The van der Waals surface area contributed by atoms with Crippen molar-refractivity contribution in [3.8, 4) is 0 Å². The van der Waals surface area contributed by atoms with Crippen molar-refractivity contribution in [2.45, 2.75) is 18.9 Å². The van der Waals surface area contributed by atoms with Gasteiger partial charge in [-0.3, -0.25) is 0 Å². The van der Waals surface area contributed by atoms with Gasteiger partial charge in [-0.15, -0.1) is 0 Å². The number of hydrogen-bond donors (Lipinski definition) is 1. The first-order chi connectivity index (χ1) is 4.88. The van der Waals surface area contributed by atoms with E-state index in [-0.39, 0.29) is 0 Å². The third-order valence-electron chi connectivity index (χ3n) is 2.62. The predicted molar refractivity (Wildman–Crippen MR) is 42.5 cm³/mol. The van der Waals surface area contributed by atoms with Gasteiger partial charge in [-0.05, 0) is 24.7 Å². The van der Waals surface area contributed by atoms with Gasteiger partial charge in [0.1, 0.15) is 0 Å². The maximum absolute atomic E-state index is 5.90. The summed E-state index contributed by atoms with van der Waals surface area (Å²) in [5, 5.41) is 0. The third-order valence-corrected chi connectivity index (χ3v) is 2.62. The molecule has 3 atom stereocenters. The van der Waals surface area contributed by atoms with Crippen LogP contribution in [-0.2, 0) is 0 Å².